The summed E-state index contributed by atoms with van der Waals surface area (Å²) in [4.78, 5) is 62.1. The molecule has 1 rings (SSSR count). The molecule has 1 heterocycles. The molecule has 0 radical (unpaired) electrons. The van der Waals surface area contributed by atoms with Crippen LogP contribution in [0.4, 0.5) is 0 Å². The molecular formula is C19H34N6O7. The number of carbonyl (C=O) groups excluding carboxylic acids is 4. The molecule has 0 saturated carbocycles. The number of carboxylic acids is 1. The lowest BCUT2D eigenvalue weighted by Crippen LogP contribution is -2.58. The second kappa shape index (κ2) is 12.9. The Morgan fingerprint density at radius 2 is 1.72 bits per heavy atom. The number of hydrogen-bond acceptors (Lipinski definition) is 8. The molecule has 0 spiro atoms. The zero-order chi connectivity index (χ0) is 24.4. The molecule has 0 aromatic carbocycles. The van der Waals surface area contributed by atoms with Gasteiger partial charge in [-0.3, -0.25) is 19.2 Å². The Labute approximate surface area is 186 Å². The van der Waals surface area contributed by atoms with Gasteiger partial charge in [0.2, 0.25) is 23.6 Å². The summed E-state index contributed by atoms with van der Waals surface area (Å²) >= 11 is 0. The van der Waals surface area contributed by atoms with Crippen molar-refractivity contribution in [1.29, 1.82) is 0 Å². The largest absolute Gasteiger partial charge is 0.480 e. The topological polar surface area (TPSA) is 231 Å². The Hall–Kier alpha value is -2.77. The Bertz CT molecular complexity index is 702. The van der Waals surface area contributed by atoms with E-state index < -0.39 is 66.3 Å². The van der Waals surface area contributed by atoms with Crippen LogP contribution in [0.2, 0.25) is 0 Å². The molecule has 4 amide bonds. The average molecular weight is 459 g/mol. The highest BCUT2D eigenvalue weighted by atomic mass is 16.4. The van der Waals surface area contributed by atoms with Crippen LogP contribution in [-0.4, -0.2) is 88.1 Å². The van der Waals surface area contributed by atoms with E-state index in [-0.39, 0.29) is 19.4 Å². The first-order valence-corrected chi connectivity index (χ1v) is 10.6. The van der Waals surface area contributed by atoms with Crippen LogP contribution < -0.4 is 27.8 Å². The second-order valence-electron chi connectivity index (χ2n) is 7.87. The van der Waals surface area contributed by atoms with E-state index in [2.05, 4.69) is 10.6 Å². The fraction of sp³-hybridized carbons (Fsp3) is 0.737. The number of nitrogens with one attached hydrogen (secondary N) is 2. The summed E-state index contributed by atoms with van der Waals surface area (Å²) in [6.07, 6.45) is 0.238. The molecule has 1 aliphatic heterocycles. The van der Waals surface area contributed by atoms with Gasteiger partial charge in [-0.15, -0.1) is 0 Å². The third kappa shape index (κ3) is 8.05. The Morgan fingerprint density at radius 3 is 2.25 bits per heavy atom. The Balaban J connectivity index is 3.00. The van der Waals surface area contributed by atoms with Crippen molar-refractivity contribution in [1.82, 2.24) is 15.5 Å². The van der Waals surface area contributed by atoms with Gasteiger partial charge in [-0.2, -0.15) is 0 Å². The number of aliphatic hydroxyl groups excluding tert-OH is 1. The minimum absolute atomic E-state index is 0.167. The normalized spacial score (nSPS) is 19.5. The van der Waals surface area contributed by atoms with Crippen LogP contribution in [-0.2, 0) is 24.0 Å². The zero-order valence-electron chi connectivity index (χ0n) is 18.2. The van der Waals surface area contributed by atoms with Gasteiger partial charge in [0, 0.05) is 6.54 Å². The van der Waals surface area contributed by atoms with Crippen molar-refractivity contribution in [2.24, 2.45) is 17.2 Å². The van der Waals surface area contributed by atoms with Crippen LogP contribution in [0.25, 0.3) is 0 Å². The van der Waals surface area contributed by atoms with E-state index in [1.54, 1.807) is 0 Å². The van der Waals surface area contributed by atoms with Crippen molar-refractivity contribution < 1.29 is 34.2 Å². The van der Waals surface area contributed by atoms with Gasteiger partial charge < -0.3 is 42.9 Å². The number of aliphatic carboxylic acids is 1. The van der Waals surface area contributed by atoms with E-state index in [9.17, 15) is 34.2 Å². The van der Waals surface area contributed by atoms with E-state index in [0.29, 0.717) is 25.8 Å². The van der Waals surface area contributed by atoms with Gasteiger partial charge in [0.15, 0.2) is 0 Å². The minimum Gasteiger partial charge on any atom is -0.480 e. The Morgan fingerprint density at radius 1 is 1.09 bits per heavy atom. The first kappa shape index (κ1) is 27.3. The Kier molecular flexibility index (Phi) is 11.0. The zero-order valence-corrected chi connectivity index (χ0v) is 18.2. The molecule has 0 aromatic heterocycles. The summed E-state index contributed by atoms with van der Waals surface area (Å²) in [5, 5.41) is 23.7. The van der Waals surface area contributed by atoms with Gasteiger partial charge in [0.25, 0.3) is 0 Å². The SMILES string of the molecule is CC(O)C(N)C(=O)NC(CCCCN)C(=O)NC(CC(N)=O)C(=O)N1CCCC1C(=O)O. The number of nitrogens with two attached hydrogens (primary N) is 3. The number of nitrogens with zero attached hydrogens (tertiary/aromatic N) is 1. The van der Waals surface area contributed by atoms with Gasteiger partial charge >= 0.3 is 5.97 Å². The second-order valence-corrected chi connectivity index (χ2v) is 7.87. The van der Waals surface area contributed by atoms with Crippen LogP contribution in [0.15, 0.2) is 0 Å². The molecule has 0 aromatic rings. The first-order chi connectivity index (χ1) is 15.0. The number of hydrogen-bond donors (Lipinski definition) is 7. The van der Waals surface area contributed by atoms with Crippen LogP contribution in [0.1, 0.15) is 45.4 Å². The number of carboxylic acid groups (broad SMARTS) is 1. The molecule has 0 aliphatic carbocycles. The molecule has 0 bridgehead atoms. The van der Waals surface area contributed by atoms with Crippen LogP contribution in [0.3, 0.4) is 0 Å². The number of aliphatic hydroxyl groups is 1. The predicted octanol–water partition coefficient (Wildman–Crippen LogP) is -3.26. The molecule has 10 N–H and O–H groups in total. The van der Waals surface area contributed by atoms with Crippen molar-refractivity contribution >= 4 is 29.6 Å². The fourth-order valence-electron chi connectivity index (χ4n) is 3.41. The van der Waals surface area contributed by atoms with Gasteiger partial charge in [-0.1, -0.05) is 0 Å². The lowest BCUT2D eigenvalue weighted by atomic mass is 10.1. The third-order valence-corrected chi connectivity index (χ3v) is 5.24. The van der Waals surface area contributed by atoms with Crippen molar-refractivity contribution in [3.05, 3.63) is 0 Å². The van der Waals surface area contributed by atoms with E-state index in [1.165, 1.54) is 6.92 Å². The monoisotopic (exact) mass is 458 g/mol. The summed E-state index contributed by atoms with van der Waals surface area (Å²) < 4.78 is 0. The highest BCUT2D eigenvalue weighted by molar-refractivity contribution is 5.96. The molecule has 13 heteroatoms. The fourth-order valence-corrected chi connectivity index (χ4v) is 3.41. The van der Waals surface area contributed by atoms with Crippen molar-refractivity contribution in [3.63, 3.8) is 0 Å². The van der Waals surface area contributed by atoms with E-state index in [4.69, 9.17) is 17.2 Å². The smallest absolute Gasteiger partial charge is 0.326 e. The first-order valence-electron chi connectivity index (χ1n) is 10.6. The lowest BCUT2D eigenvalue weighted by Gasteiger charge is -2.28. The molecule has 1 aliphatic rings. The van der Waals surface area contributed by atoms with Crippen molar-refractivity contribution in [3.8, 4) is 0 Å². The van der Waals surface area contributed by atoms with Gasteiger partial charge in [-0.25, -0.2) is 4.79 Å². The standard InChI is InChI=1S/C19H34N6O7/c1-10(26)15(22)17(29)23-11(5-2-3-7-20)16(28)24-12(9-14(21)27)18(30)25-8-4-6-13(25)19(31)32/h10-13,15,26H,2-9,20,22H2,1H3,(H2,21,27)(H,23,29)(H,24,28)(H,31,32). The van der Waals surface area contributed by atoms with Gasteiger partial charge in [0.1, 0.15) is 24.2 Å². The minimum atomic E-state index is -1.39. The number of unbranched alkanes of at least 4 members (excludes halogenated alkanes) is 1. The summed E-state index contributed by atoms with van der Waals surface area (Å²) in [7, 11) is 0. The molecule has 13 nitrogen and oxygen atoms in total. The maximum atomic E-state index is 12.9. The van der Waals surface area contributed by atoms with E-state index >= 15 is 0 Å². The highest BCUT2D eigenvalue weighted by Gasteiger charge is 2.39. The predicted molar refractivity (Wildman–Crippen MR) is 113 cm³/mol. The van der Waals surface area contributed by atoms with E-state index in [0.717, 1.165) is 4.90 Å². The lowest BCUT2D eigenvalue weighted by molar-refractivity contribution is -0.149. The number of primary amides is 1. The summed E-state index contributed by atoms with van der Waals surface area (Å²) in [5.41, 5.74) is 16.3. The molecule has 5 unspecified atom stereocenters. The highest BCUT2D eigenvalue weighted by Crippen LogP contribution is 2.19. The molecule has 182 valence electrons. The number of amides is 4. The van der Waals surface area contributed by atoms with Crippen LogP contribution in [0.5, 0.6) is 0 Å². The average Bonchev–Trinajstić information content (AvgIpc) is 3.21. The molecule has 1 fully saturated rings. The third-order valence-electron chi connectivity index (χ3n) is 5.24. The number of likely N-dealkylation sites (tertiary alicyclic amines) is 1. The molecular weight excluding hydrogens is 424 g/mol. The molecule has 1 saturated heterocycles. The summed E-state index contributed by atoms with van der Waals surface area (Å²) in [6, 6.07) is -4.84. The quantitative estimate of drug-likeness (QED) is 0.137. The maximum absolute atomic E-state index is 12.9. The molecule has 32 heavy (non-hydrogen) atoms. The van der Waals surface area contributed by atoms with Crippen LogP contribution >= 0.6 is 0 Å². The maximum Gasteiger partial charge on any atom is 0.326 e. The molecule has 5 atom stereocenters. The summed E-state index contributed by atoms with van der Waals surface area (Å²) in [5.74, 6) is -4.32. The number of carbonyl (C=O) groups is 5. The summed E-state index contributed by atoms with van der Waals surface area (Å²) in [6.45, 7) is 1.86. The van der Waals surface area contributed by atoms with E-state index in [1.807, 2.05) is 0 Å². The van der Waals surface area contributed by atoms with Gasteiger partial charge in [0.05, 0.1) is 12.5 Å². The van der Waals surface area contributed by atoms with Crippen molar-refractivity contribution in [2.75, 3.05) is 13.1 Å². The van der Waals surface area contributed by atoms with Crippen molar-refractivity contribution in [2.45, 2.75) is 75.7 Å². The number of rotatable bonds is 13. The van der Waals surface area contributed by atoms with Gasteiger partial charge in [-0.05, 0) is 45.6 Å². The van der Waals surface area contributed by atoms with Crippen LogP contribution in [0, 0.1) is 0 Å².